The summed E-state index contributed by atoms with van der Waals surface area (Å²) in [6.45, 7) is 3.53. The minimum Gasteiger partial charge on any atom is -0.480 e. The topological polar surface area (TPSA) is 162 Å². The van der Waals surface area contributed by atoms with Gasteiger partial charge in [-0.2, -0.15) is 5.48 Å². The zero-order valence-electron chi connectivity index (χ0n) is 17.9. The molecule has 176 valence electrons. The number of hydrogen-bond donors (Lipinski definition) is 6. The fourth-order valence-electron chi connectivity index (χ4n) is 3.21. The van der Waals surface area contributed by atoms with E-state index in [0.29, 0.717) is 12.8 Å². The van der Waals surface area contributed by atoms with Gasteiger partial charge in [0, 0.05) is 31.8 Å². The average Bonchev–Trinajstić information content (AvgIpc) is 3.20. The molecule has 6 N–H and O–H groups in total. The molecule has 0 radical (unpaired) electrons. The third-order valence-electron chi connectivity index (χ3n) is 4.82. The van der Waals surface area contributed by atoms with Crippen LogP contribution in [0.15, 0.2) is 4.99 Å². The Labute approximate surface area is 181 Å². The number of nitrogens with one attached hydrogen (secondary N) is 5. The summed E-state index contributed by atoms with van der Waals surface area (Å²) in [5.41, 5.74) is 2.87. The monoisotopic (exact) mass is 442 g/mol. The maximum atomic E-state index is 12.2. The molecule has 2 aliphatic heterocycles. The van der Waals surface area contributed by atoms with Gasteiger partial charge >= 0.3 is 12.1 Å². The van der Waals surface area contributed by atoms with Crippen molar-refractivity contribution in [3.8, 4) is 0 Å². The van der Waals surface area contributed by atoms with E-state index in [9.17, 15) is 19.5 Å². The van der Waals surface area contributed by atoms with Crippen molar-refractivity contribution < 1.29 is 29.1 Å². The first-order chi connectivity index (χ1) is 15.0. The normalized spacial score (nSPS) is 23.8. The molecular formula is C19H34N6O6. The molecule has 2 rings (SSSR count). The number of rotatable bonds is 13. The number of carbonyl (C=O) groups is 3. The third-order valence-corrected chi connectivity index (χ3v) is 4.82. The van der Waals surface area contributed by atoms with E-state index in [1.807, 2.05) is 13.1 Å². The first kappa shape index (κ1) is 25.0. The van der Waals surface area contributed by atoms with Gasteiger partial charge in [-0.15, -0.1) is 0 Å². The van der Waals surface area contributed by atoms with E-state index in [1.54, 1.807) is 0 Å². The van der Waals surface area contributed by atoms with E-state index in [2.05, 4.69) is 31.7 Å². The van der Waals surface area contributed by atoms with Gasteiger partial charge in [0.2, 0.25) is 5.91 Å². The van der Waals surface area contributed by atoms with Gasteiger partial charge in [-0.1, -0.05) is 6.92 Å². The predicted octanol–water partition coefficient (Wildman–Crippen LogP) is -0.538. The molecule has 12 nitrogen and oxygen atoms in total. The molecule has 31 heavy (non-hydrogen) atoms. The number of aliphatic carboxylic acids is 1. The number of carboxylic acids is 1. The first-order valence-corrected chi connectivity index (χ1v) is 10.8. The average molecular weight is 443 g/mol. The molecule has 2 heterocycles. The number of amides is 2. The van der Waals surface area contributed by atoms with Crippen molar-refractivity contribution in [2.75, 3.05) is 26.2 Å². The molecule has 0 aliphatic carbocycles. The van der Waals surface area contributed by atoms with Gasteiger partial charge in [-0.25, -0.2) is 9.59 Å². The van der Waals surface area contributed by atoms with Gasteiger partial charge in [-0.05, 0) is 38.6 Å². The lowest BCUT2D eigenvalue weighted by Crippen LogP contribution is -2.49. The van der Waals surface area contributed by atoms with Crippen molar-refractivity contribution >= 4 is 24.2 Å². The largest absolute Gasteiger partial charge is 0.480 e. The Kier molecular flexibility index (Phi) is 11.2. The third kappa shape index (κ3) is 10.0. The van der Waals surface area contributed by atoms with Gasteiger partial charge in [-0.3, -0.25) is 25.3 Å². The lowest BCUT2D eigenvalue weighted by atomic mass is 10.0. The first-order valence-electron chi connectivity index (χ1n) is 10.8. The van der Waals surface area contributed by atoms with Crippen molar-refractivity contribution in [3.05, 3.63) is 0 Å². The van der Waals surface area contributed by atoms with Crippen LogP contribution in [0.4, 0.5) is 4.79 Å². The Balaban J connectivity index is 1.59. The van der Waals surface area contributed by atoms with Gasteiger partial charge in [0.05, 0.1) is 12.7 Å². The van der Waals surface area contributed by atoms with Crippen molar-refractivity contribution in [1.29, 1.82) is 0 Å². The van der Waals surface area contributed by atoms with Crippen LogP contribution in [-0.4, -0.2) is 80.0 Å². The molecule has 0 spiro atoms. The van der Waals surface area contributed by atoms with E-state index >= 15 is 0 Å². The summed E-state index contributed by atoms with van der Waals surface area (Å²) < 4.78 is 4.81. The maximum absolute atomic E-state index is 12.2. The lowest BCUT2D eigenvalue weighted by Gasteiger charge is -2.19. The highest BCUT2D eigenvalue weighted by Gasteiger charge is 2.28. The fraction of sp³-hybridized carbons (Fsp3) is 0.789. The van der Waals surface area contributed by atoms with Crippen LogP contribution in [0.3, 0.4) is 0 Å². The molecule has 12 heteroatoms. The lowest BCUT2D eigenvalue weighted by molar-refractivity contribution is -0.139. The highest BCUT2D eigenvalue weighted by molar-refractivity contribution is 5.82. The molecule has 0 aromatic heterocycles. The van der Waals surface area contributed by atoms with Gasteiger partial charge < -0.3 is 20.5 Å². The minimum atomic E-state index is -1.26. The van der Waals surface area contributed by atoms with E-state index < -0.39 is 18.1 Å². The number of alkyl carbamates (subject to hydrolysis) is 1. The SMILES string of the molecule is CCCOC(=O)NC(CNC(=O)CC1CC(CCCNC2N=CCCN2)ON1)C(=O)O. The molecule has 0 aromatic rings. The molecule has 4 atom stereocenters. The molecule has 2 amide bonds. The molecular weight excluding hydrogens is 408 g/mol. The van der Waals surface area contributed by atoms with Crippen LogP contribution in [-0.2, 0) is 19.2 Å². The minimum absolute atomic E-state index is 0.0178. The molecule has 2 aliphatic rings. The maximum Gasteiger partial charge on any atom is 0.407 e. The van der Waals surface area contributed by atoms with Crippen LogP contribution in [0.2, 0.25) is 0 Å². The Bertz CT molecular complexity index is 619. The van der Waals surface area contributed by atoms with Crippen LogP contribution in [0.25, 0.3) is 0 Å². The Morgan fingerprint density at radius 3 is 2.94 bits per heavy atom. The van der Waals surface area contributed by atoms with Crippen LogP contribution in [0.5, 0.6) is 0 Å². The Morgan fingerprint density at radius 1 is 1.39 bits per heavy atom. The summed E-state index contributed by atoms with van der Waals surface area (Å²) in [6.07, 6.45) is 5.28. The molecule has 0 aromatic carbocycles. The number of hydroxylamine groups is 1. The van der Waals surface area contributed by atoms with E-state index in [0.717, 1.165) is 32.4 Å². The van der Waals surface area contributed by atoms with Crippen LogP contribution in [0.1, 0.15) is 45.4 Å². The number of aliphatic imine (C=N–C) groups is 1. The van der Waals surface area contributed by atoms with E-state index in [1.165, 1.54) is 0 Å². The highest BCUT2D eigenvalue weighted by atomic mass is 16.7. The number of nitrogens with zero attached hydrogens (tertiary/aromatic N) is 1. The smallest absolute Gasteiger partial charge is 0.407 e. The fourth-order valence-corrected chi connectivity index (χ4v) is 3.21. The number of carboxylic acid groups (broad SMARTS) is 1. The molecule has 0 saturated carbocycles. The van der Waals surface area contributed by atoms with Gasteiger partial charge in [0.25, 0.3) is 0 Å². The summed E-state index contributed by atoms with van der Waals surface area (Å²) in [7, 11) is 0. The van der Waals surface area contributed by atoms with Crippen molar-refractivity contribution in [3.63, 3.8) is 0 Å². The zero-order chi connectivity index (χ0) is 22.5. The van der Waals surface area contributed by atoms with Crippen LogP contribution >= 0.6 is 0 Å². The Hall–Kier alpha value is -2.28. The van der Waals surface area contributed by atoms with Crippen molar-refractivity contribution in [2.24, 2.45) is 4.99 Å². The summed E-state index contributed by atoms with van der Waals surface area (Å²) in [6, 6.07) is -1.40. The van der Waals surface area contributed by atoms with Crippen LogP contribution in [0, 0.1) is 0 Å². The highest BCUT2D eigenvalue weighted by Crippen LogP contribution is 2.17. The molecule has 1 fully saturated rings. The summed E-state index contributed by atoms with van der Waals surface area (Å²) in [5.74, 6) is -1.57. The summed E-state index contributed by atoms with van der Waals surface area (Å²) in [4.78, 5) is 44.8. The van der Waals surface area contributed by atoms with E-state index in [4.69, 9.17) is 9.57 Å². The van der Waals surface area contributed by atoms with Crippen molar-refractivity contribution in [1.82, 2.24) is 26.7 Å². The van der Waals surface area contributed by atoms with Gasteiger partial charge in [0.15, 0.2) is 6.29 Å². The molecule has 0 bridgehead atoms. The second-order valence-electron chi connectivity index (χ2n) is 7.54. The van der Waals surface area contributed by atoms with Gasteiger partial charge in [0.1, 0.15) is 6.04 Å². The van der Waals surface area contributed by atoms with Crippen LogP contribution < -0.4 is 26.7 Å². The van der Waals surface area contributed by atoms with Crippen molar-refractivity contribution in [2.45, 2.75) is 69.9 Å². The summed E-state index contributed by atoms with van der Waals surface area (Å²) in [5, 5.41) is 20.5. The standard InChI is InChI=1S/C19H34N6O6/c1-2-9-30-19(29)24-15(17(27)28)12-23-16(26)11-13-10-14(31-25-13)5-3-6-20-18-21-7-4-8-22-18/h7,13-15,18,20,22,25H,2-6,8-12H2,1H3,(H,23,26)(H,24,29)(H,27,28). The second-order valence-corrected chi connectivity index (χ2v) is 7.54. The summed E-state index contributed by atoms with van der Waals surface area (Å²) >= 11 is 0. The predicted molar refractivity (Wildman–Crippen MR) is 112 cm³/mol. The number of ether oxygens (including phenoxy) is 1. The quantitative estimate of drug-likeness (QED) is 0.206. The molecule has 1 saturated heterocycles. The van der Waals surface area contributed by atoms with E-state index in [-0.39, 0.29) is 43.9 Å². The number of hydrogen-bond acceptors (Lipinski definition) is 9. The Morgan fingerprint density at radius 2 is 2.23 bits per heavy atom. The second kappa shape index (κ2) is 13.9. The zero-order valence-corrected chi connectivity index (χ0v) is 17.9. The molecule has 4 unspecified atom stereocenters. The number of carbonyl (C=O) groups excluding carboxylic acids is 2.